The van der Waals surface area contributed by atoms with Crippen molar-refractivity contribution < 1.29 is 9.53 Å². The van der Waals surface area contributed by atoms with Gasteiger partial charge in [-0.05, 0) is 30.8 Å². The van der Waals surface area contributed by atoms with E-state index in [-0.39, 0.29) is 5.91 Å². The molecule has 0 fully saturated rings. The van der Waals surface area contributed by atoms with Crippen LogP contribution in [0.15, 0.2) is 18.2 Å². The van der Waals surface area contributed by atoms with E-state index in [4.69, 9.17) is 16.3 Å². The minimum absolute atomic E-state index is 0.156. The van der Waals surface area contributed by atoms with Crippen LogP contribution in [-0.2, 0) is 24.2 Å². The number of anilines is 1. The first kappa shape index (κ1) is 14.9. The van der Waals surface area contributed by atoms with Crippen LogP contribution in [0.3, 0.4) is 0 Å². The maximum Gasteiger partial charge on any atom is 0.267 e. The van der Waals surface area contributed by atoms with Crippen molar-refractivity contribution in [2.75, 3.05) is 18.9 Å². The van der Waals surface area contributed by atoms with Crippen LogP contribution < -0.4 is 10.1 Å². The molecule has 2 aromatic rings. The van der Waals surface area contributed by atoms with Crippen molar-refractivity contribution in [2.45, 2.75) is 25.5 Å². The second kappa shape index (κ2) is 5.78. The Bertz CT molecular complexity index is 777. The van der Waals surface area contributed by atoms with Gasteiger partial charge in [-0.25, -0.2) is 4.98 Å². The molecule has 0 saturated carbocycles. The molecule has 0 spiro atoms. The highest BCUT2D eigenvalue weighted by Crippen LogP contribution is 2.32. The fraction of sp³-hybridized carbons (Fsp3) is 0.375. The zero-order valence-corrected chi connectivity index (χ0v) is 14.2. The highest BCUT2D eigenvalue weighted by Gasteiger charge is 2.30. The summed E-state index contributed by atoms with van der Waals surface area (Å²) in [6.07, 6.45) is 0.949. The summed E-state index contributed by atoms with van der Waals surface area (Å²) in [5.74, 6) is 0.575. The number of ether oxygens (including phenoxy) is 1. The first-order valence-electron chi connectivity index (χ1n) is 7.51. The van der Waals surface area contributed by atoms with Gasteiger partial charge in [-0.3, -0.25) is 10.1 Å². The average Bonchev–Trinajstić information content (AvgIpc) is 3.09. The monoisotopic (exact) mass is 349 g/mol. The Morgan fingerprint density at radius 2 is 2.39 bits per heavy atom. The number of likely N-dealkylation sites (N-methyl/N-ethyl adjacent to an activating group) is 1. The van der Waals surface area contributed by atoms with Crippen molar-refractivity contribution in [3.05, 3.63) is 39.4 Å². The van der Waals surface area contributed by atoms with E-state index < -0.39 is 6.10 Å². The van der Waals surface area contributed by atoms with Gasteiger partial charge in [-0.15, -0.1) is 11.3 Å². The van der Waals surface area contributed by atoms with Crippen LogP contribution in [0.2, 0.25) is 5.02 Å². The molecule has 0 radical (unpaired) electrons. The van der Waals surface area contributed by atoms with Crippen molar-refractivity contribution >= 4 is 34.0 Å². The van der Waals surface area contributed by atoms with Crippen molar-refractivity contribution in [2.24, 2.45) is 0 Å². The molecule has 0 bridgehead atoms. The number of thiazole rings is 1. The quantitative estimate of drug-likeness (QED) is 0.905. The number of nitrogens with zero attached hydrogens (tertiary/aromatic N) is 2. The maximum absolute atomic E-state index is 12.4. The number of hydrogen-bond acceptors (Lipinski definition) is 5. The number of hydrogen-bond donors (Lipinski definition) is 1. The van der Waals surface area contributed by atoms with Gasteiger partial charge in [0.25, 0.3) is 5.91 Å². The fourth-order valence-corrected chi connectivity index (χ4v) is 4.21. The SMILES string of the molecule is CN1CCc2nc(NC(=O)[C@H]3Cc4cc(Cl)ccc4O3)sc2C1. The van der Waals surface area contributed by atoms with E-state index in [0.29, 0.717) is 16.6 Å². The molecular weight excluding hydrogens is 334 g/mol. The van der Waals surface area contributed by atoms with Crippen LogP contribution in [-0.4, -0.2) is 35.5 Å². The zero-order valence-electron chi connectivity index (χ0n) is 12.6. The van der Waals surface area contributed by atoms with Crippen LogP contribution in [0.4, 0.5) is 5.13 Å². The second-order valence-electron chi connectivity index (χ2n) is 5.93. The molecule has 120 valence electrons. The maximum atomic E-state index is 12.4. The summed E-state index contributed by atoms with van der Waals surface area (Å²) in [7, 11) is 2.09. The molecule has 1 aromatic carbocycles. The van der Waals surface area contributed by atoms with Gasteiger partial charge in [0.05, 0.1) is 5.69 Å². The summed E-state index contributed by atoms with van der Waals surface area (Å²) in [4.78, 5) is 20.5. The molecule has 2 aliphatic rings. The van der Waals surface area contributed by atoms with Gasteiger partial charge in [-0.2, -0.15) is 0 Å². The third-order valence-corrected chi connectivity index (χ3v) is 5.37. The van der Waals surface area contributed by atoms with Gasteiger partial charge in [0.1, 0.15) is 5.75 Å². The van der Waals surface area contributed by atoms with E-state index in [1.165, 1.54) is 4.88 Å². The number of fused-ring (bicyclic) bond motifs is 2. The van der Waals surface area contributed by atoms with Crippen LogP contribution in [0.5, 0.6) is 5.75 Å². The van der Waals surface area contributed by atoms with Gasteiger partial charge >= 0.3 is 0 Å². The Balaban J connectivity index is 1.45. The first-order chi connectivity index (χ1) is 11.1. The third kappa shape index (κ3) is 2.94. The number of nitrogens with one attached hydrogen (secondary N) is 1. The van der Waals surface area contributed by atoms with Crippen LogP contribution in [0.25, 0.3) is 0 Å². The predicted molar refractivity (Wildman–Crippen MR) is 90.4 cm³/mol. The minimum atomic E-state index is -0.521. The summed E-state index contributed by atoms with van der Waals surface area (Å²) in [6.45, 7) is 1.90. The molecule has 1 atom stereocenters. The standard InChI is InChI=1S/C16H16ClN3O2S/c1-20-5-4-11-14(8-20)23-16(18-11)19-15(21)13-7-9-6-10(17)2-3-12(9)22-13/h2-3,6,13H,4-5,7-8H2,1H3,(H,18,19,21)/t13-/m1/s1. The molecule has 3 heterocycles. The highest BCUT2D eigenvalue weighted by molar-refractivity contribution is 7.15. The highest BCUT2D eigenvalue weighted by atomic mass is 35.5. The second-order valence-corrected chi connectivity index (χ2v) is 7.45. The molecule has 0 unspecified atom stereocenters. The normalized spacial score (nSPS) is 19.8. The summed E-state index contributed by atoms with van der Waals surface area (Å²) in [6, 6.07) is 5.43. The molecule has 4 rings (SSSR count). The molecule has 7 heteroatoms. The molecular formula is C16H16ClN3O2S. The van der Waals surface area contributed by atoms with E-state index in [9.17, 15) is 4.79 Å². The first-order valence-corrected chi connectivity index (χ1v) is 8.71. The van der Waals surface area contributed by atoms with Crippen LogP contribution in [0.1, 0.15) is 16.1 Å². The van der Waals surface area contributed by atoms with E-state index in [1.54, 1.807) is 17.4 Å². The molecule has 0 saturated heterocycles. The lowest BCUT2D eigenvalue weighted by Gasteiger charge is -2.20. The lowest BCUT2D eigenvalue weighted by Crippen LogP contribution is -2.31. The Morgan fingerprint density at radius 1 is 1.52 bits per heavy atom. The fourth-order valence-electron chi connectivity index (χ4n) is 2.93. The van der Waals surface area contributed by atoms with E-state index in [1.807, 2.05) is 12.1 Å². The van der Waals surface area contributed by atoms with Crippen molar-refractivity contribution in [1.82, 2.24) is 9.88 Å². The van der Waals surface area contributed by atoms with Gasteiger partial charge < -0.3 is 9.64 Å². The smallest absolute Gasteiger partial charge is 0.267 e. The molecule has 0 aliphatic carbocycles. The lowest BCUT2D eigenvalue weighted by molar-refractivity contribution is -0.122. The predicted octanol–water partition coefficient (Wildman–Crippen LogP) is 2.73. The van der Waals surface area contributed by atoms with Crippen molar-refractivity contribution in [3.8, 4) is 5.75 Å². The molecule has 1 aromatic heterocycles. The number of benzene rings is 1. The average molecular weight is 350 g/mol. The van der Waals surface area contributed by atoms with Gasteiger partial charge in [-0.1, -0.05) is 11.6 Å². The lowest BCUT2D eigenvalue weighted by atomic mass is 10.1. The van der Waals surface area contributed by atoms with E-state index in [0.717, 1.165) is 36.5 Å². The van der Waals surface area contributed by atoms with Crippen molar-refractivity contribution in [3.63, 3.8) is 0 Å². The summed E-state index contributed by atoms with van der Waals surface area (Å²) >= 11 is 7.53. The Kier molecular flexibility index (Phi) is 3.75. The summed E-state index contributed by atoms with van der Waals surface area (Å²) < 4.78 is 5.71. The van der Waals surface area contributed by atoms with Gasteiger partial charge in [0.2, 0.25) is 0 Å². The van der Waals surface area contributed by atoms with Gasteiger partial charge in [0, 0.05) is 35.8 Å². The van der Waals surface area contributed by atoms with Crippen molar-refractivity contribution in [1.29, 1.82) is 0 Å². The molecule has 23 heavy (non-hydrogen) atoms. The van der Waals surface area contributed by atoms with E-state index in [2.05, 4.69) is 22.2 Å². The van der Waals surface area contributed by atoms with Crippen LogP contribution in [0, 0.1) is 0 Å². The molecule has 2 aliphatic heterocycles. The topological polar surface area (TPSA) is 54.5 Å². The summed E-state index contributed by atoms with van der Waals surface area (Å²) in [5, 5.41) is 4.21. The number of carbonyl (C=O) groups excluding carboxylic acids is 1. The van der Waals surface area contributed by atoms with Crippen LogP contribution >= 0.6 is 22.9 Å². The third-order valence-electron chi connectivity index (χ3n) is 4.14. The largest absolute Gasteiger partial charge is 0.480 e. The minimum Gasteiger partial charge on any atom is -0.480 e. The molecule has 5 nitrogen and oxygen atoms in total. The number of aromatic nitrogens is 1. The number of carbonyl (C=O) groups is 1. The molecule has 1 amide bonds. The Labute approximate surface area is 143 Å². The Hall–Kier alpha value is -1.63. The number of amides is 1. The van der Waals surface area contributed by atoms with Gasteiger partial charge in [0.15, 0.2) is 11.2 Å². The van der Waals surface area contributed by atoms with E-state index >= 15 is 0 Å². The summed E-state index contributed by atoms with van der Waals surface area (Å²) in [5.41, 5.74) is 2.07. The number of rotatable bonds is 2. The molecule has 1 N–H and O–H groups in total. The number of halogens is 1. The zero-order chi connectivity index (χ0) is 16.0. The Morgan fingerprint density at radius 3 is 3.26 bits per heavy atom.